The lowest BCUT2D eigenvalue weighted by atomic mass is 9.76. The molecule has 2 aromatic rings. The van der Waals surface area contributed by atoms with Crippen molar-refractivity contribution in [1.29, 1.82) is 0 Å². The second-order valence-electron chi connectivity index (χ2n) is 11.8. The fourth-order valence-corrected chi connectivity index (χ4v) is 7.51. The van der Waals surface area contributed by atoms with Gasteiger partial charge >= 0.3 is 0 Å². The van der Waals surface area contributed by atoms with Gasteiger partial charge in [-0.2, -0.15) is 0 Å². The summed E-state index contributed by atoms with van der Waals surface area (Å²) < 4.78 is 32.8. The summed E-state index contributed by atoms with van der Waals surface area (Å²) in [4.78, 5) is 18.2. The van der Waals surface area contributed by atoms with Gasteiger partial charge in [0.1, 0.15) is 0 Å². The van der Waals surface area contributed by atoms with Crippen LogP contribution >= 0.6 is 0 Å². The zero-order chi connectivity index (χ0) is 27.3. The number of amides is 1. The highest BCUT2D eigenvalue weighted by Gasteiger charge is 2.45. The molecule has 0 bridgehead atoms. The van der Waals surface area contributed by atoms with E-state index in [0.717, 1.165) is 69.9 Å². The Morgan fingerprint density at radius 2 is 1.69 bits per heavy atom. The number of likely N-dealkylation sites (N-methyl/N-ethyl adjacent to an activating group) is 1. The summed E-state index contributed by atoms with van der Waals surface area (Å²) in [5.41, 5.74) is 5.39. The largest absolute Gasteiger partial charge is 0.395 e. The van der Waals surface area contributed by atoms with Crippen LogP contribution in [0, 0.1) is 5.41 Å². The summed E-state index contributed by atoms with van der Waals surface area (Å²) in [5.74, 6) is -0.591. The molecule has 10 heteroatoms. The van der Waals surface area contributed by atoms with Crippen LogP contribution in [-0.4, -0.2) is 71.7 Å². The number of hydrogen-bond donors (Lipinski definition) is 3. The molecule has 1 amide bonds. The second-order valence-corrected chi connectivity index (χ2v) is 13.6. The van der Waals surface area contributed by atoms with Crippen LogP contribution in [0.4, 0.5) is 22.7 Å². The molecule has 6 rings (SSSR count). The molecule has 3 heterocycles. The Morgan fingerprint density at radius 3 is 2.38 bits per heavy atom. The fourth-order valence-electron chi connectivity index (χ4n) is 6.68. The van der Waals surface area contributed by atoms with Crippen LogP contribution in [0.2, 0.25) is 0 Å². The zero-order valence-electron chi connectivity index (χ0n) is 22.5. The van der Waals surface area contributed by atoms with Gasteiger partial charge in [0.05, 0.1) is 29.3 Å². The van der Waals surface area contributed by atoms with Gasteiger partial charge in [0, 0.05) is 56.7 Å². The number of fused-ring (bicyclic) bond motifs is 2. The normalized spacial score (nSPS) is 21.2. The summed E-state index contributed by atoms with van der Waals surface area (Å²) in [6.45, 7) is 3.67. The molecule has 2 aromatic carbocycles. The smallest absolute Gasteiger partial charge is 0.257 e. The highest BCUT2D eigenvalue weighted by Crippen LogP contribution is 2.54. The van der Waals surface area contributed by atoms with E-state index in [-0.39, 0.29) is 17.1 Å². The highest BCUT2D eigenvalue weighted by molar-refractivity contribution is 7.92. The van der Waals surface area contributed by atoms with Crippen LogP contribution in [0.25, 0.3) is 0 Å². The first-order valence-electron chi connectivity index (χ1n) is 14.0. The first kappa shape index (κ1) is 26.4. The maximum absolute atomic E-state index is 13.7. The number of benzene rings is 2. The number of carbonyl (C=O) groups is 1. The third-order valence-corrected chi connectivity index (χ3v) is 10.5. The van der Waals surface area contributed by atoms with Gasteiger partial charge < -0.3 is 25.0 Å². The van der Waals surface area contributed by atoms with E-state index in [9.17, 15) is 13.2 Å². The Morgan fingerprint density at radius 1 is 0.974 bits per heavy atom. The van der Waals surface area contributed by atoms with Crippen LogP contribution in [0.1, 0.15) is 54.4 Å². The maximum Gasteiger partial charge on any atom is 0.257 e. The van der Waals surface area contributed by atoms with Crippen LogP contribution in [0.5, 0.6) is 0 Å². The summed E-state index contributed by atoms with van der Waals surface area (Å²) >= 11 is 0. The van der Waals surface area contributed by atoms with Crippen LogP contribution in [-0.2, 0) is 20.2 Å². The van der Waals surface area contributed by atoms with E-state index in [0.29, 0.717) is 16.7 Å². The number of carbonyl (C=O) groups excluding carboxylic acids is 1. The lowest BCUT2D eigenvalue weighted by Crippen LogP contribution is -2.37. The molecule has 0 atom stereocenters. The van der Waals surface area contributed by atoms with Crippen molar-refractivity contribution in [2.24, 2.45) is 5.41 Å². The van der Waals surface area contributed by atoms with E-state index in [1.54, 1.807) is 18.2 Å². The minimum atomic E-state index is -3.68. The predicted molar refractivity (Wildman–Crippen MR) is 153 cm³/mol. The number of hydrogen-bond acceptors (Lipinski definition) is 7. The highest BCUT2D eigenvalue weighted by atomic mass is 32.2. The van der Waals surface area contributed by atoms with E-state index in [4.69, 9.17) is 9.84 Å². The first-order chi connectivity index (χ1) is 18.7. The molecule has 0 radical (unpaired) electrons. The molecule has 9 nitrogen and oxygen atoms in total. The molecule has 1 saturated carbocycles. The van der Waals surface area contributed by atoms with Crippen molar-refractivity contribution < 1.29 is 23.1 Å². The molecule has 3 aliphatic heterocycles. The lowest BCUT2D eigenvalue weighted by Gasteiger charge is -2.35. The Hall–Kier alpha value is -2.82. The van der Waals surface area contributed by atoms with E-state index in [2.05, 4.69) is 39.0 Å². The van der Waals surface area contributed by atoms with E-state index in [1.165, 1.54) is 24.1 Å². The molecule has 3 fully saturated rings. The number of rotatable bonds is 7. The van der Waals surface area contributed by atoms with Crippen LogP contribution in [0.15, 0.2) is 36.4 Å². The number of piperidine rings is 1. The first-order valence-corrected chi connectivity index (χ1v) is 15.6. The maximum atomic E-state index is 13.7. The van der Waals surface area contributed by atoms with Gasteiger partial charge in [-0.15, -0.1) is 0 Å². The third-order valence-electron chi connectivity index (χ3n) is 9.22. The van der Waals surface area contributed by atoms with Crippen molar-refractivity contribution in [3.05, 3.63) is 47.5 Å². The SMILES string of the molecule is CN1CC2(CCOCC2)c2cc(NC(=O)c3ccc(NS(=O)(=O)CCO)cc3N3CCC4(CC3)CC4)ccc21. The summed E-state index contributed by atoms with van der Waals surface area (Å²) in [7, 11) is -1.56. The van der Waals surface area contributed by atoms with E-state index < -0.39 is 16.6 Å². The second kappa shape index (κ2) is 9.98. The zero-order valence-corrected chi connectivity index (χ0v) is 23.4. The van der Waals surface area contributed by atoms with E-state index >= 15 is 0 Å². The Balaban J connectivity index is 1.28. The molecular weight excluding hydrogens is 516 g/mol. The Kier molecular flexibility index (Phi) is 6.76. The van der Waals surface area contributed by atoms with Crippen molar-refractivity contribution in [3.63, 3.8) is 0 Å². The number of nitrogens with zero attached hydrogens (tertiary/aromatic N) is 2. The van der Waals surface area contributed by atoms with Crippen molar-refractivity contribution >= 4 is 38.7 Å². The molecule has 2 saturated heterocycles. The van der Waals surface area contributed by atoms with Gasteiger partial charge in [0.25, 0.3) is 5.91 Å². The Bertz CT molecular complexity index is 1360. The average molecular weight is 555 g/mol. The lowest BCUT2D eigenvalue weighted by molar-refractivity contribution is 0.0556. The molecule has 1 aliphatic carbocycles. The van der Waals surface area contributed by atoms with Gasteiger partial charge in [-0.25, -0.2) is 8.42 Å². The van der Waals surface area contributed by atoms with Gasteiger partial charge in [-0.1, -0.05) is 0 Å². The minimum Gasteiger partial charge on any atom is -0.395 e. The Labute approximate surface area is 230 Å². The molecule has 0 aromatic heterocycles. The molecule has 39 heavy (non-hydrogen) atoms. The molecular formula is C29H38N4O5S. The van der Waals surface area contributed by atoms with Gasteiger partial charge in [-0.05, 0) is 85.9 Å². The number of aliphatic hydroxyl groups excluding tert-OH is 1. The summed E-state index contributed by atoms with van der Waals surface area (Å²) in [6.07, 6.45) is 6.65. The quantitative estimate of drug-likeness (QED) is 0.480. The van der Waals surface area contributed by atoms with Gasteiger partial charge in [0.15, 0.2) is 0 Å². The topological polar surface area (TPSA) is 111 Å². The minimum absolute atomic E-state index is 0.0498. The monoisotopic (exact) mass is 554 g/mol. The summed E-state index contributed by atoms with van der Waals surface area (Å²) in [6, 6.07) is 11.2. The van der Waals surface area contributed by atoms with Crippen LogP contribution in [0.3, 0.4) is 0 Å². The van der Waals surface area contributed by atoms with E-state index in [1.807, 2.05) is 6.07 Å². The van der Waals surface area contributed by atoms with Gasteiger partial charge in [-0.3, -0.25) is 9.52 Å². The van der Waals surface area contributed by atoms with Crippen molar-refractivity contribution in [1.82, 2.24) is 0 Å². The number of anilines is 4. The molecule has 3 N–H and O–H groups in total. The molecule has 0 unspecified atom stereocenters. The molecule has 210 valence electrons. The number of aliphatic hydroxyl groups is 1. The average Bonchev–Trinajstić information content (AvgIpc) is 3.61. The predicted octanol–water partition coefficient (Wildman–Crippen LogP) is 3.55. The van der Waals surface area contributed by atoms with Crippen molar-refractivity contribution in [2.45, 2.75) is 43.9 Å². The number of sulfonamides is 1. The fraction of sp³-hybridized carbons (Fsp3) is 0.552. The van der Waals surface area contributed by atoms with Crippen molar-refractivity contribution in [2.75, 3.05) is 72.1 Å². The third kappa shape index (κ3) is 5.21. The van der Waals surface area contributed by atoms with Gasteiger partial charge in [0.2, 0.25) is 10.0 Å². The molecule has 2 spiro atoms. The number of ether oxygens (including phenoxy) is 1. The summed E-state index contributed by atoms with van der Waals surface area (Å²) in [5, 5.41) is 12.2. The molecule has 4 aliphatic rings. The number of nitrogens with one attached hydrogen (secondary N) is 2. The van der Waals surface area contributed by atoms with Crippen LogP contribution < -0.4 is 19.8 Å². The van der Waals surface area contributed by atoms with Crippen molar-refractivity contribution in [3.8, 4) is 0 Å². The standard InChI is InChI=1S/C29H38N4O5S/c1-32-20-29(10-15-38-16-11-29)24-18-21(3-5-25(24)32)30-27(35)23-4-2-22(31-39(36,37)17-14-34)19-26(23)33-12-8-28(6-7-28)9-13-33/h2-5,18-19,31,34H,6-17,20H2,1H3,(H,30,35).